The molecule has 102 valence electrons. The lowest BCUT2D eigenvalue weighted by molar-refractivity contribution is -0.115. The maximum Gasteiger partial charge on any atom is 0.269 e. The quantitative estimate of drug-likeness (QED) is 0.885. The molecule has 2 rings (SSSR count). The molecule has 0 fully saturated rings. The molecule has 0 radical (unpaired) electrons. The highest BCUT2D eigenvalue weighted by Crippen LogP contribution is 2.26. The van der Waals surface area contributed by atoms with E-state index in [1.54, 1.807) is 0 Å². The fraction of sp³-hybridized carbons (Fsp3) is 0.467. The van der Waals surface area contributed by atoms with Crippen molar-refractivity contribution in [3.63, 3.8) is 0 Å². The summed E-state index contributed by atoms with van der Waals surface area (Å²) in [5.41, 5.74) is 1.54. The van der Waals surface area contributed by atoms with Crippen LogP contribution in [0.3, 0.4) is 0 Å². The fourth-order valence-electron chi connectivity index (χ4n) is 2.12. The minimum Gasteiger partial charge on any atom is -0.387 e. The molecule has 4 heteroatoms. The van der Waals surface area contributed by atoms with E-state index in [1.165, 1.54) is 0 Å². The Morgan fingerprint density at radius 3 is 2.68 bits per heavy atom. The van der Waals surface area contributed by atoms with E-state index in [9.17, 15) is 4.79 Å². The molecule has 1 heterocycles. The number of nitrogens with zero attached hydrogens (tertiary/aromatic N) is 1. The van der Waals surface area contributed by atoms with E-state index in [1.807, 2.05) is 30.3 Å². The second-order valence-corrected chi connectivity index (χ2v) is 4.73. The Hall–Kier alpha value is -1.84. The third-order valence-electron chi connectivity index (χ3n) is 3.42. The van der Waals surface area contributed by atoms with Gasteiger partial charge >= 0.3 is 0 Å². The van der Waals surface area contributed by atoms with Crippen LogP contribution in [0.15, 0.2) is 35.5 Å². The standard InChI is InChI=1S/C15H20N2O2/c1-3-12(4-2)16-15(18)13-10-14(19-17-13)11-8-6-5-7-9-11/h5-9,12,14H,3-4,10H2,1-2H3,(H,16,18). The maximum atomic E-state index is 12.0. The SMILES string of the molecule is CCC(CC)NC(=O)C1=NOC(c2ccccc2)C1. The summed E-state index contributed by atoms with van der Waals surface area (Å²) in [5.74, 6) is -0.105. The molecule has 4 nitrogen and oxygen atoms in total. The van der Waals surface area contributed by atoms with Crippen molar-refractivity contribution >= 4 is 11.6 Å². The smallest absolute Gasteiger partial charge is 0.269 e. The number of benzene rings is 1. The Bertz CT molecular complexity index is 452. The van der Waals surface area contributed by atoms with E-state index in [2.05, 4.69) is 24.3 Å². The zero-order chi connectivity index (χ0) is 13.7. The summed E-state index contributed by atoms with van der Waals surface area (Å²) < 4.78 is 0. The summed E-state index contributed by atoms with van der Waals surface area (Å²) in [4.78, 5) is 17.4. The van der Waals surface area contributed by atoms with Crippen molar-refractivity contribution < 1.29 is 9.63 Å². The summed E-state index contributed by atoms with van der Waals surface area (Å²) in [6.45, 7) is 4.13. The van der Waals surface area contributed by atoms with Gasteiger partial charge in [0, 0.05) is 12.5 Å². The summed E-state index contributed by atoms with van der Waals surface area (Å²) in [7, 11) is 0. The van der Waals surface area contributed by atoms with Gasteiger partial charge in [0.05, 0.1) is 0 Å². The fourth-order valence-corrected chi connectivity index (χ4v) is 2.12. The van der Waals surface area contributed by atoms with Crippen LogP contribution in [-0.4, -0.2) is 17.7 Å². The van der Waals surface area contributed by atoms with Gasteiger partial charge in [0.15, 0.2) is 6.10 Å². The Morgan fingerprint density at radius 1 is 1.37 bits per heavy atom. The van der Waals surface area contributed by atoms with E-state index >= 15 is 0 Å². The number of oxime groups is 1. The first kappa shape index (κ1) is 13.6. The van der Waals surface area contributed by atoms with Gasteiger partial charge in [-0.05, 0) is 18.4 Å². The minimum atomic E-state index is -0.136. The van der Waals surface area contributed by atoms with Gasteiger partial charge < -0.3 is 10.2 Å². The Balaban J connectivity index is 1.93. The molecule has 1 N–H and O–H groups in total. The van der Waals surface area contributed by atoms with Crippen molar-refractivity contribution in [2.75, 3.05) is 0 Å². The number of amides is 1. The van der Waals surface area contributed by atoms with Crippen LogP contribution in [0.2, 0.25) is 0 Å². The van der Waals surface area contributed by atoms with Crippen LogP contribution in [-0.2, 0) is 9.63 Å². The van der Waals surface area contributed by atoms with Gasteiger partial charge in [0.25, 0.3) is 5.91 Å². The first-order chi connectivity index (χ1) is 9.24. The second-order valence-electron chi connectivity index (χ2n) is 4.73. The highest BCUT2D eigenvalue weighted by Gasteiger charge is 2.27. The van der Waals surface area contributed by atoms with Gasteiger partial charge in [-0.25, -0.2) is 0 Å². The molecule has 1 aliphatic heterocycles. The van der Waals surface area contributed by atoms with Crippen LogP contribution in [0, 0.1) is 0 Å². The number of carbonyl (C=O) groups is 1. The Labute approximate surface area is 113 Å². The minimum absolute atomic E-state index is 0.105. The van der Waals surface area contributed by atoms with Gasteiger partial charge in [-0.2, -0.15) is 0 Å². The van der Waals surface area contributed by atoms with E-state index in [0.717, 1.165) is 18.4 Å². The molecule has 0 spiro atoms. The van der Waals surface area contributed by atoms with Crippen LogP contribution in [0.4, 0.5) is 0 Å². The third-order valence-corrected chi connectivity index (χ3v) is 3.42. The zero-order valence-electron chi connectivity index (χ0n) is 11.4. The van der Waals surface area contributed by atoms with E-state index < -0.39 is 0 Å². The van der Waals surface area contributed by atoms with Crippen molar-refractivity contribution in [3.05, 3.63) is 35.9 Å². The van der Waals surface area contributed by atoms with Crippen LogP contribution >= 0.6 is 0 Å². The van der Waals surface area contributed by atoms with Crippen LogP contribution in [0.1, 0.15) is 44.8 Å². The van der Waals surface area contributed by atoms with Crippen molar-refractivity contribution in [1.82, 2.24) is 5.32 Å². The van der Waals surface area contributed by atoms with Crippen molar-refractivity contribution in [2.24, 2.45) is 5.16 Å². The average molecular weight is 260 g/mol. The van der Waals surface area contributed by atoms with Gasteiger partial charge in [-0.1, -0.05) is 49.3 Å². The van der Waals surface area contributed by atoms with Crippen molar-refractivity contribution in [3.8, 4) is 0 Å². The van der Waals surface area contributed by atoms with E-state index in [0.29, 0.717) is 12.1 Å². The Morgan fingerprint density at radius 2 is 2.05 bits per heavy atom. The monoisotopic (exact) mass is 260 g/mol. The molecular weight excluding hydrogens is 240 g/mol. The lowest BCUT2D eigenvalue weighted by Gasteiger charge is -2.14. The molecule has 1 unspecified atom stereocenters. The molecule has 0 aromatic heterocycles. The predicted molar refractivity (Wildman–Crippen MR) is 74.8 cm³/mol. The molecule has 1 aliphatic rings. The summed E-state index contributed by atoms with van der Waals surface area (Å²) >= 11 is 0. The average Bonchev–Trinajstić information content (AvgIpc) is 2.95. The maximum absolute atomic E-state index is 12.0. The summed E-state index contributed by atoms with van der Waals surface area (Å²) in [6.07, 6.45) is 2.26. The van der Waals surface area contributed by atoms with Gasteiger partial charge in [-0.3, -0.25) is 4.79 Å². The number of carbonyl (C=O) groups excluding carboxylic acids is 1. The number of rotatable bonds is 5. The van der Waals surface area contributed by atoms with Crippen molar-refractivity contribution in [2.45, 2.75) is 45.3 Å². The lowest BCUT2D eigenvalue weighted by atomic mass is 10.0. The molecule has 0 aliphatic carbocycles. The number of nitrogens with one attached hydrogen (secondary N) is 1. The molecule has 1 aromatic carbocycles. The van der Waals surface area contributed by atoms with Crippen LogP contribution in [0.25, 0.3) is 0 Å². The normalized spacial score (nSPS) is 18.1. The first-order valence-corrected chi connectivity index (χ1v) is 6.83. The zero-order valence-corrected chi connectivity index (χ0v) is 11.4. The van der Waals surface area contributed by atoms with Gasteiger partial charge in [0.1, 0.15) is 5.71 Å². The van der Waals surface area contributed by atoms with Gasteiger partial charge in [0.2, 0.25) is 0 Å². The van der Waals surface area contributed by atoms with E-state index in [-0.39, 0.29) is 18.1 Å². The topological polar surface area (TPSA) is 50.7 Å². The highest BCUT2D eigenvalue weighted by molar-refractivity contribution is 6.39. The molecule has 0 bridgehead atoms. The first-order valence-electron chi connectivity index (χ1n) is 6.83. The number of hydrogen-bond donors (Lipinski definition) is 1. The summed E-state index contributed by atoms with van der Waals surface area (Å²) in [6, 6.07) is 10.1. The molecule has 0 saturated carbocycles. The molecule has 0 saturated heterocycles. The third kappa shape index (κ3) is 3.34. The van der Waals surface area contributed by atoms with Crippen LogP contribution in [0.5, 0.6) is 0 Å². The van der Waals surface area contributed by atoms with Crippen molar-refractivity contribution in [1.29, 1.82) is 0 Å². The second kappa shape index (κ2) is 6.36. The predicted octanol–water partition coefficient (Wildman–Crippen LogP) is 2.81. The number of hydrogen-bond acceptors (Lipinski definition) is 3. The molecule has 1 amide bonds. The molecule has 19 heavy (non-hydrogen) atoms. The molecular formula is C15H20N2O2. The van der Waals surface area contributed by atoms with E-state index in [4.69, 9.17) is 4.84 Å². The van der Waals surface area contributed by atoms with Gasteiger partial charge in [-0.15, -0.1) is 0 Å². The lowest BCUT2D eigenvalue weighted by Crippen LogP contribution is -2.38. The largest absolute Gasteiger partial charge is 0.387 e. The molecule has 1 atom stereocenters. The summed E-state index contributed by atoms with van der Waals surface area (Å²) in [5, 5.41) is 6.90. The molecule has 1 aromatic rings. The Kier molecular flexibility index (Phi) is 4.55. The highest BCUT2D eigenvalue weighted by atomic mass is 16.6. The van der Waals surface area contributed by atoms with Crippen LogP contribution < -0.4 is 5.32 Å².